The van der Waals surface area contributed by atoms with E-state index in [-0.39, 0.29) is 11.8 Å². The van der Waals surface area contributed by atoms with Crippen molar-refractivity contribution in [3.63, 3.8) is 0 Å². The monoisotopic (exact) mass is 302 g/mol. The summed E-state index contributed by atoms with van der Waals surface area (Å²) in [5.41, 5.74) is 5.16. The molecule has 0 saturated carbocycles. The molecular weight excluding hydrogens is 276 g/mol. The minimum Gasteiger partial charge on any atom is -0.268 e. The van der Waals surface area contributed by atoms with Crippen molar-refractivity contribution in [2.24, 2.45) is 0 Å². The van der Waals surface area contributed by atoms with Crippen molar-refractivity contribution in [1.82, 2.24) is 10.4 Å². The number of amides is 2. The Morgan fingerprint density at radius 3 is 2.32 bits per heavy atom. The second kappa shape index (κ2) is 6.77. The molecule has 0 aliphatic heterocycles. The Bertz CT molecular complexity index is 598. The third-order valence-corrected chi connectivity index (χ3v) is 3.67. The van der Waals surface area contributed by atoms with Crippen molar-refractivity contribution < 1.29 is 9.59 Å². The van der Waals surface area contributed by atoms with Crippen LogP contribution >= 0.6 is 0 Å². The average Bonchev–Trinajstić information content (AvgIpc) is 2.44. The molecule has 0 unspecified atom stereocenters. The third kappa shape index (κ3) is 3.97. The van der Waals surface area contributed by atoms with Crippen LogP contribution in [0.5, 0.6) is 0 Å². The number of nitrogens with zero attached hydrogens (tertiary/aromatic N) is 1. The fraction of sp³-hybridized carbons (Fsp3) is 0.444. The molecule has 0 bridgehead atoms. The molecule has 0 aliphatic carbocycles. The van der Waals surface area contributed by atoms with Gasteiger partial charge < -0.3 is 0 Å². The van der Waals surface area contributed by atoms with Gasteiger partial charge in [-0.05, 0) is 58.2 Å². The normalized spacial score (nSPS) is 11.0. The molecule has 0 spiro atoms. The van der Waals surface area contributed by atoms with Gasteiger partial charge in [-0.1, -0.05) is 25.6 Å². The van der Waals surface area contributed by atoms with E-state index in [4.69, 9.17) is 0 Å². The van der Waals surface area contributed by atoms with Crippen LogP contribution in [0.4, 0.5) is 0 Å². The van der Waals surface area contributed by atoms with Crippen molar-refractivity contribution in [2.75, 3.05) is 0 Å². The lowest BCUT2D eigenvalue weighted by atomic mass is 10.0. The maximum atomic E-state index is 12.9. The number of aryl methyl sites for hydroxylation is 1. The number of hydrazine groups is 1. The first-order chi connectivity index (χ1) is 10.1. The quantitative estimate of drug-likeness (QED) is 0.686. The van der Waals surface area contributed by atoms with E-state index in [1.54, 1.807) is 6.07 Å². The van der Waals surface area contributed by atoms with Crippen molar-refractivity contribution >= 4 is 11.8 Å². The minimum atomic E-state index is -0.545. The Morgan fingerprint density at radius 2 is 1.82 bits per heavy atom. The van der Waals surface area contributed by atoms with E-state index in [9.17, 15) is 9.59 Å². The molecule has 0 aliphatic rings. The summed E-state index contributed by atoms with van der Waals surface area (Å²) in [5.74, 6) is -0.540. The lowest BCUT2D eigenvalue weighted by Gasteiger charge is -2.36. The van der Waals surface area contributed by atoms with E-state index in [1.807, 2.05) is 53.7 Å². The van der Waals surface area contributed by atoms with E-state index in [2.05, 4.69) is 12.0 Å². The fourth-order valence-electron chi connectivity index (χ4n) is 1.97. The SMILES string of the molecule is C=C(CC)C(=O)NN(C(=O)c1cccc(C)c1C)C(C)(C)C. The van der Waals surface area contributed by atoms with Gasteiger partial charge in [-0.25, -0.2) is 5.01 Å². The van der Waals surface area contributed by atoms with Gasteiger partial charge in [0.2, 0.25) is 0 Å². The Kier molecular flexibility index (Phi) is 5.53. The van der Waals surface area contributed by atoms with E-state index in [0.29, 0.717) is 17.6 Å². The van der Waals surface area contributed by atoms with Crippen LogP contribution in [0.1, 0.15) is 55.6 Å². The molecule has 0 radical (unpaired) electrons. The van der Waals surface area contributed by atoms with Crippen LogP contribution in [-0.4, -0.2) is 22.4 Å². The smallest absolute Gasteiger partial charge is 0.268 e. The zero-order valence-corrected chi connectivity index (χ0v) is 14.4. The van der Waals surface area contributed by atoms with Crippen molar-refractivity contribution in [1.29, 1.82) is 0 Å². The summed E-state index contributed by atoms with van der Waals surface area (Å²) in [5, 5.41) is 1.39. The molecule has 0 saturated heterocycles. The molecule has 0 fully saturated rings. The second-order valence-corrected chi connectivity index (χ2v) is 6.46. The molecule has 1 rings (SSSR count). The highest BCUT2D eigenvalue weighted by Gasteiger charge is 2.30. The lowest BCUT2D eigenvalue weighted by molar-refractivity contribution is -0.123. The Hall–Kier alpha value is -2.10. The molecule has 22 heavy (non-hydrogen) atoms. The van der Waals surface area contributed by atoms with Gasteiger partial charge in [0, 0.05) is 11.1 Å². The van der Waals surface area contributed by atoms with Gasteiger partial charge >= 0.3 is 0 Å². The summed E-state index contributed by atoms with van der Waals surface area (Å²) in [6.45, 7) is 15.1. The zero-order chi connectivity index (χ0) is 17.1. The number of nitrogens with one attached hydrogen (secondary N) is 1. The van der Waals surface area contributed by atoms with Crippen LogP contribution in [-0.2, 0) is 4.79 Å². The number of carbonyl (C=O) groups is 2. The molecule has 0 aromatic heterocycles. The molecule has 0 atom stereocenters. The van der Waals surface area contributed by atoms with E-state index >= 15 is 0 Å². The first kappa shape index (κ1) is 18.0. The summed E-state index contributed by atoms with van der Waals surface area (Å²) in [4.78, 5) is 25.0. The molecule has 4 nitrogen and oxygen atoms in total. The third-order valence-electron chi connectivity index (χ3n) is 3.67. The summed E-state index contributed by atoms with van der Waals surface area (Å²) < 4.78 is 0. The van der Waals surface area contributed by atoms with Crippen LogP contribution in [0.3, 0.4) is 0 Å². The summed E-state index contributed by atoms with van der Waals surface area (Å²) in [6, 6.07) is 5.60. The minimum absolute atomic E-state index is 0.217. The van der Waals surface area contributed by atoms with Crippen LogP contribution in [0.2, 0.25) is 0 Å². The number of hydrogen-bond donors (Lipinski definition) is 1. The highest BCUT2D eigenvalue weighted by Crippen LogP contribution is 2.19. The van der Waals surface area contributed by atoms with Crippen LogP contribution in [0.15, 0.2) is 30.4 Å². The summed E-state index contributed by atoms with van der Waals surface area (Å²) >= 11 is 0. The molecular formula is C18H26N2O2. The van der Waals surface area contributed by atoms with Gasteiger partial charge in [-0.3, -0.25) is 15.0 Å². The maximum absolute atomic E-state index is 12.9. The first-order valence-electron chi connectivity index (χ1n) is 7.49. The Morgan fingerprint density at radius 1 is 1.23 bits per heavy atom. The van der Waals surface area contributed by atoms with Gasteiger partial charge in [-0.15, -0.1) is 0 Å². The molecule has 0 heterocycles. The lowest BCUT2D eigenvalue weighted by Crippen LogP contribution is -2.56. The number of carbonyl (C=O) groups excluding carboxylic acids is 2. The van der Waals surface area contributed by atoms with E-state index in [0.717, 1.165) is 11.1 Å². The molecule has 2 amide bonds. The van der Waals surface area contributed by atoms with Crippen LogP contribution in [0.25, 0.3) is 0 Å². The van der Waals surface area contributed by atoms with E-state index in [1.165, 1.54) is 5.01 Å². The second-order valence-electron chi connectivity index (χ2n) is 6.46. The van der Waals surface area contributed by atoms with Crippen LogP contribution in [0, 0.1) is 13.8 Å². The molecule has 1 N–H and O–H groups in total. The maximum Gasteiger partial charge on any atom is 0.273 e. The predicted molar refractivity (Wildman–Crippen MR) is 89.4 cm³/mol. The standard InChI is InChI=1S/C18H26N2O2/c1-8-12(2)16(21)19-20(18(5,6)7)17(22)15-11-9-10-13(3)14(15)4/h9-11H,2,8H2,1,3-7H3,(H,19,21). The molecule has 120 valence electrons. The number of hydrogen-bond acceptors (Lipinski definition) is 2. The van der Waals surface area contributed by atoms with Crippen molar-refractivity contribution in [2.45, 2.75) is 53.5 Å². The first-order valence-corrected chi connectivity index (χ1v) is 7.49. The topological polar surface area (TPSA) is 49.4 Å². The van der Waals surface area contributed by atoms with Crippen molar-refractivity contribution in [3.8, 4) is 0 Å². The molecule has 4 heteroatoms. The average molecular weight is 302 g/mol. The Balaban J connectivity index is 3.18. The van der Waals surface area contributed by atoms with Gasteiger partial charge in [0.15, 0.2) is 0 Å². The van der Waals surface area contributed by atoms with Crippen molar-refractivity contribution in [3.05, 3.63) is 47.0 Å². The zero-order valence-electron chi connectivity index (χ0n) is 14.4. The van der Waals surface area contributed by atoms with Gasteiger partial charge in [0.05, 0.1) is 5.54 Å². The predicted octanol–water partition coefficient (Wildman–Crippen LogP) is 3.54. The molecule has 1 aromatic carbocycles. The largest absolute Gasteiger partial charge is 0.273 e. The van der Waals surface area contributed by atoms with Gasteiger partial charge in [0.1, 0.15) is 0 Å². The van der Waals surface area contributed by atoms with Gasteiger partial charge in [-0.2, -0.15) is 0 Å². The van der Waals surface area contributed by atoms with E-state index < -0.39 is 5.54 Å². The number of rotatable bonds is 3. The highest BCUT2D eigenvalue weighted by molar-refractivity contribution is 5.99. The van der Waals surface area contributed by atoms with Gasteiger partial charge in [0.25, 0.3) is 11.8 Å². The molecule has 1 aromatic rings. The highest BCUT2D eigenvalue weighted by atomic mass is 16.2. The fourth-order valence-corrected chi connectivity index (χ4v) is 1.97. The van der Waals surface area contributed by atoms with Crippen LogP contribution < -0.4 is 5.43 Å². The number of benzene rings is 1. The summed E-state index contributed by atoms with van der Waals surface area (Å²) in [7, 11) is 0. The summed E-state index contributed by atoms with van der Waals surface area (Å²) in [6.07, 6.45) is 0.543. The Labute approximate surface area is 133 Å².